The van der Waals surface area contributed by atoms with E-state index < -0.39 is 0 Å². The minimum Gasteiger partial charge on any atom is -0.340 e. The van der Waals surface area contributed by atoms with Crippen molar-refractivity contribution in [2.75, 3.05) is 11.9 Å². The van der Waals surface area contributed by atoms with Crippen LogP contribution < -0.4 is 5.32 Å². The van der Waals surface area contributed by atoms with Gasteiger partial charge in [-0.3, -0.25) is 14.4 Å². The van der Waals surface area contributed by atoms with Crippen molar-refractivity contribution in [3.63, 3.8) is 0 Å². The number of para-hydroxylation sites is 1. The number of aromatic nitrogens is 2. The van der Waals surface area contributed by atoms with Gasteiger partial charge >= 0.3 is 0 Å². The average Bonchev–Trinajstić information content (AvgIpc) is 3.26. The lowest BCUT2D eigenvalue weighted by molar-refractivity contribution is 0.0802. The summed E-state index contributed by atoms with van der Waals surface area (Å²) in [7, 11) is 3.77. The van der Waals surface area contributed by atoms with Crippen LogP contribution in [0, 0.1) is 12.8 Å². The Hall–Kier alpha value is -4.43. The summed E-state index contributed by atoms with van der Waals surface area (Å²) in [6, 6.07) is 17.4. The van der Waals surface area contributed by atoms with Crippen molar-refractivity contribution in [3.8, 4) is 0 Å². The lowest BCUT2D eigenvalue weighted by Crippen LogP contribution is -2.34. The summed E-state index contributed by atoms with van der Waals surface area (Å²) in [5, 5.41) is 6.96. The summed E-state index contributed by atoms with van der Waals surface area (Å²) in [6.45, 7) is 2.70. The molecule has 2 aromatic carbocycles. The average molecular weight is 547 g/mol. The molecule has 8 heteroatoms. The molecule has 3 aromatic heterocycles. The number of ketones is 1. The number of anilines is 1. The van der Waals surface area contributed by atoms with Gasteiger partial charge in [0.2, 0.25) is 0 Å². The predicted molar refractivity (Wildman–Crippen MR) is 156 cm³/mol. The second-order valence-electron chi connectivity index (χ2n) is 11.3. The van der Waals surface area contributed by atoms with Crippen molar-refractivity contribution in [2.24, 2.45) is 20.0 Å². The normalized spacial score (nSPS) is 20.9. The van der Waals surface area contributed by atoms with Gasteiger partial charge in [-0.2, -0.15) is 0 Å². The van der Waals surface area contributed by atoms with Gasteiger partial charge in [-0.05, 0) is 72.2 Å². The van der Waals surface area contributed by atoms with E-state index in [1.807, 2.05) is 82.7 Å². The third-order valence-corrected chi connectivity index (χ3v) is 10.2. The Morgan fingerprint density at radius 2 is 1.73 bits per heavy atom. The van der Waals surface area contributed by atoms with Crippen LogP contribution in [0.1, 0.15) is 48.2 Å². The summed E-state index contributed by atoms with van der Waals surface area (Å²) in [5.41, 5.74) is 6.65. The number of carbonyl (C=O) groups is 3. The number of allylic oxidation sites excluding steroid dienone is 2. The van der Waals surface area contributed by atoms with E-state index in [1.54, 1.807) is 6.08 Å². The van der Waals surface area contributed by atoms with Crippen LogP contribution in [0.3, 0.4) is 0 Å². The SMILES string of the molecule is Cc1csc2c1C13CC1CN(C(=O)c1cc4cc(NC(=O)c5cc6ccccc6n5C)ccc4n1C)C3=CC2=O. The molecule has 2 unspecified atom stereocenters. The van der Waals surface area contributed by atoms with Crippen molar-refractivity contribution in [3.05, 3.63) is 99.1 Å². The Morgan fingerprint density at radius 3 is 2.55 bits per heavy atom. The molecule has 1 N–H and O–H groups in total. The van der Waals surface area contributed by atoms with E-state index in [2.05, 4.69) is 17.6 Å². The van der Waals surface area contributed by atoms with E-state index in [4.69, 9.17) is 0 Å². The fraction of sp³-hybridized carbons (Fsp3) is 0.219. The predicted octanol–water partition coefficient (Wildman–Crippen LogP) is 5.79. The first-order valence-corrected chi connectivity index (χ1v) is 14.3. The van der Waals surface area contributed by atoms with Gasteiger partial charge in [0, 0.05) is 65.3 Å². The van der Waals surface area contributed by atoms with E-state index in [9.17, 15) is 14.4 Å². The molecule has 1 aliphatic heterocycles. The number of nitrogens with one attached hydrogen (secondary N) is 1. The van der Waals surface area contributed by atoms with Crippen molar-refractivity contribution in [2.45, 2.75) is 18.8 Å². The van der Waals surface area contributed by atoms with E-state index in [0.29, 0.717) is 29.5 Å². The molecule has 198 valence electrons. The lowest BCUT2D eigenvalue weighted by Gasteiger charge is -2.28. The van der Waals surface area contributed by atoms with Gasteiger partial charge in [-0.1, -0.05) is 18.2 Å². The van der Waals surface area contributed by atoms with Crippen LogP contribution >= 0.6 is 11.3 Å². The number of hydrogen-bond donors (Lipinski definition) is 1. The Morgan fingerprint density at radius 1 is 0.975 bits per heavy atom. The zero-order valence-corrected chi connectivity index (χ0v) is 23.1. The van der Waals surface area contributed by atoms with Crippen LogP contribution in [0.2, 0.25) is 0 Å². The third-order valence-electron chi connectivity index (χ3n) is 9.12. The number of aryl methyl sites for hydroxylation is 3. The number of hydrogen-bond acceptors (Lipinski definition) is 4. The molecular weight excluding hydrogens is 520 g/mol. The minimum absolute atomic E-state index is 0.00243. The number of carbonyl (C=O) groups excluding carboxylic acids is 3. The summed E-state index contributed by atoms with van der Waals surface area (Å²) in [6.07, 6.45) is 2.70. The standard InChI is InChI=1S/C32H26N4O3S/c1-17-16-40-29-26(37)13-27-32(28(17)29)14-20(32)15-36(27)31(39)25-12-19-10-21(8-9-23(19)35(25)3)33-30(38)24-11-18-6-4-5-7-22(18)34(24)2/h4-13,16,20H,14-15H2,1-3H3,(H,33,38). The highest BCUT2D eigenvalue weighted by molar-refractivity contribution is 7.12. The number of likely N-dealkylation sites (tertiary alicyclic amines) is 1. The molecule has 1 saturated heterocycles. The van der Waals surface area contributed by atoms with Crippen LogP contribution in [-0.4, -0.2) is 38.2 Å². The lowest BCUT2D eigenvalue weighted by atomic mass is 9.84. The summed E-state index contributed by atoms with van der Waals surface area (Å²) >= 11 is 1.52. The molecule has 2 atom stereocenters. The first-order chi connectivity index (χ1) is 19.3. The highest BCUT2D eigenvalue weighted by Gasteiger charge is 2.68. The van der Waals surface area contributed by atoms with Crippen LogP contribution in [-0.2, 0) is 19.5 Å². The fourth-order valence-corrected chi connectivity index (χ4v) is 8.15. The Bertz CT molecular complexity index is 2010. The second-order valence-corrected chi connectivity index (χ2v) is 12.1. The van der Waals surface area contributed by atoms with Crippen molar-refractivity contribution < 1.29 is 14.4 Å². The molecule has 0 radical (unpaired) electrons. The number of fused-ring (bicyclic) bond motifs is 3. The van der Waals surface area contributed by atoms with Crippen molar-refractivity contribution >= 4 is 56.4 Å². The minimum atomic E-state index is -0.191. The smallest absolute Gasteiger partial charge is 0.274 e. The van der Waals surface area contributed by atoms with Gasteiger partial charge in [0.15, 0.2) is 5.78 Å². The molecule has 3 aliphatic rings. The molecule has 2 aliphatic carbocycles. The van der Waals surface area contributed by atoms with Crippen LogP contribution in [0.5, 0.6) is 0 Å². The molecule has 1 spiro atoms. The molecule has 8 rings (SSSR count). The first kappa shape index (κ1) is 23.5. The topological polar surface area (TPSA) is 76.3 Å². The summed E-state index contributed by atoms with van der Waals surface area (Å²) in [5.74, 6) is 0.0711. The zero-order chi connectivity index (χ0) is 27.5. The quantitative estimate of drug-likeness (QED) is 0.311. The maximum absolute atomic E-state index is 14.0. The molecule has 1 saturated carbocycles. The van der Waals surface area contributed by atoms with E-state index in [1.165, 1.54) is 11.3 Å². The molecule has 7 nitrogen and oxygen atoms in total. The highest BCUT2D eigenvalue weighted by atomic mass is 32.1. The molecule has 4 heterocycles. The van der Waals surface area contributed by atoms with Gasteiger partial charge in [-0.15, -0.1) is 11.3 Å². The molecule has 2 fully saturated rings. The molecular formula is C32H26N4O3S. The number of piperidine rings is 1. The molecule has 2 amide bonds. The molecule has 5 aromatic rings. The van der Waals surface area contributed by atoms with Crippen LogP contribution in [0.4, 0.5) is 5.69 Å². The Labute approximate surface area is 234 Å². The third kappa shape index (κ3) is 2.97. The zero-order valence-electron chi connectivity index (χ0n) is 22.3. The van der Waals surface area contributed by atoms with E-state index in [0.717, 1.165) is 49.9 Å². The number of amides is 2. The second kappa shape index (κ2) is 7.82. The van der Waals surface area contributed by atoms with Crippen molar-refractivity contribution in [1.29, 1.82) is 0 Å². The van der Waals surface area contributed by atoms with E-state index in [-0.39, 0.29) is 23.0 Å². The van der Waals surface area contributed by atoms with Gasteiger partial charge < -0.3 is 19.4 Å². The Balaban J connectivity index is 1.10. The van der Waals surface area contributed by atoms with Gasteiger partial charge in [0.25, 0.3) is 11.8 Å². The van der Waals surface area contributed by atoms with Gasteiger partial charge in [0.05, 0.1) is 4.88 Å². The van der Waals surface area contributed by atoms with Gasteiger partial charge in [0.1, 0.15) is 11.4 Å². The highest BCUT2D eigenvalue weighted by Crippen LogP contribution is 2.68. The van der Waals surface area contributed by atoms with Crippen LogP contribution in [0.15, 0.2) is 71.8 Å². The number of benzene rings is 2. The Kier molecular flexibility index (Phi) is 4.59. The maximum atomic E-state index is 14.0. The largest absolute Gasteiger partial charge is 0.340 e. The summed E-state index contributed by atoms with van der Waals surface area (Å²) in [4.78, 5) is 42.7. The fourth-order valence-electron chi connectivity index (χ4n) is 7.10. The van der Waals surface area contributed by atoms with E-state index >= 15 is 0 Å². The molecule has 40 heavy (non-hydrogen) atoms. The number of thiophene rings is 1. The maximum Gasteiger partial charge on any atom is 0.274 e. The number of nitrogens with zero attached hydrogens (tertiary/aromatic N) is 3. The first-order valence-electron chi connectivity index (χ1n) is 13.4. The van der Waals surface area contributed by atoms with Crippen LogP contribution in [0.25, 0.3) is 21.8 Å². The monoisotopic (exact) mass is 546 g/mol. The van der Waals surface area contributed by atoms with Crippen molar-refractivity contribution in [1.82, 2.24) is 14.0 Å². The number of rotatable bonds is 3. The molecule has 0 bridgehead atoms. The summed E-state index contributed by atoms with van der Waals surface area (Å²) < 4.78 is 3.79. The van der Waals surface area contributed by atoms with Gasteiger partial charge in [-0.25, -0.2) is 0 Å².